The van der Waals surface area contributed by atoms with Gasteiger partial charge in [0.1, 0.15) is 0 Å². The Morgan fingerprint density at radius 1 is 1.16 bits per heavy atom. The summed E-state index contributed by atoms with van der Waals surface area (Å²) in [6.07, 6.45) is 0. The van der Waals surface area contributed by atoms with Crippen molar-refractivity contribution in [1.29, 1.82) is 0 Å². The van der Waals surface area contributed by atoms with Crippen molar-refractivity contribution >= 4 is 62.8 Å². The van der Waals surface area contributed by atoms with E-state index in [1.807, 2.05) is 22.9 Å². The van der Waals surface area contributed by atoms with E-state index in [4.69, 9.17) is 23.2 Å². The lowest BCUT2D eigenvalue weighted by Crippen LogP contribution is -2.33. The van der Waals surface area contributed by atoms with Gasteiger partial charge in [-0.15, -0.1) is 22.7 Å². The molecule has 9 heteroatoms. The zero-order valence-electron chi connectivity index (χ0n) is 12.6. The van der Waals surface area contributed by atoms with E-state index < -0.39 is 5.91 Å². The molecule has 0 spiro atoms. The number of hydrogen-bond donors (Lipinski definition) is 2. The Morgan fingerprint density at radius 3 is 2.72 bits per heavy atom. The van der Waals surface area contributed by atoms with Crippen LogP contribution in [0.25, 0.3) is 10.6 Å². The zero-order valence-corrected chi connectivity index (χ0v) is 15.7. The lowest BCUT2D eigenvalue weighted by molar-refractivity contribution is -0.115. The molecular weight excluding hydrogens is 401 g/mol. The number of anilines is 1. The Balaban J connectivity index is 1.55. The van der Waals surface area contributed by atoms with E-state index in [9.17, 15) is 9.59 Å². The van der Waals surface area contributed by atoms with Crippen LogP contribution in [0.15, 0.2) is 41.1 Å². The van der Waals surface area contributed by atoms with Crippen LogP contribution in [0.5, 0.6) is 0 Å². The Bertz CT molecular complexity index is 910. The average molecular weight is 412 g/mol. The van der Waals surface area contributed by atoms with Crippen LogP contribution < -0.4 is 10.6 Å². The van der Waals surface area contributed by atoms with E-state index in [0.29, 0.717) is 10.2 Å². The number of nitrogens with one attached hydrogen (secondary N) is 2. The molecule has 0 bridgehead atoms. The Kier molecular flexibility index (Phi) is 5.70. The molecule has 0 fully saturated rings. The van der Waals surface area contributed by atoms with Crippen molar-refractivity contribution < 1.29 is 9.59 Å². The maximum Gasteiger partial charge on any atom is 0.253 e. The summed E-state index contributed by atoms with van der Waals surface area (Å²) in [6, 6.07) is 8.44. The molecule has 1 aromatic carbocycles. The summed E-state index contributed by atoms with van der Waals surface area (Å²) in [5, 5.41) is 10.1. The van der Waals surface area contributed by atoms with Crippen molar-refractivity contribution in [1.82, 2.24) is 10.3 Å². The molecule has 0 atom stereocenters. The van der Waals surface area contributed by atoms with Crippen molar-refractivity contribution in [2.75, 3.05) is 11.9 Å². The van der Waals surface area contributed by atoms with Gasteiger partial charge < -0.3 is 10.6 Å². The number of thiophene rings is 1. The van der Waals surface area contributed by atoms with E-state index in [1.165, 1.54) is 23.5 Å². The van der Waals surface area contributed by atoms with Crippen LogP contribution in [0.1, 0.15) is 10.4 Å². The SMILES string of the molecule is O=C(CNC(=O)c1ccc(Cl)cc1Cl)Nc1nc(-c2cccs2)cs1. The number of carbonyl (C=O) groups excluding carboxylic acids is 2. The molecule has 0 unspecified atom stereocenters. The van der Waals surface area contributed by atoms with Crippen LogP contribution in [-0.4, -0.2) is 23.3 Å². The summed E-state index contributed by atoms with van der Waals surface area (Å²) >= 11 is 14.7. The van der Waals surface area contributed by atoms with Crippen molar-refractivity contribution in [2.24, 2.45) is 0 Å². The number of aromatic nitrogens is 1. The summed E-state index contributed by atoms with van der Waals surface area (Å²) < 4.78 is 0. The first kappa shape index (κ1) is 17.9. The van der Waals surface area contributed by atoms with Crippen molar-refractivity contribution in [3.8, 4) is 10.6 Å². The number of nitrogens with zero attached hydrogens (tertiary/aromatic N) is 1. The summed E-state index contributed by atoms with van der Waals surface area (Å²) in [7, 11) is 0. The number of halogens is 2. The van der Waals surface area contributed by atoms with E-state index in [-0.39, 0.29) is 23.0 Å². The highest BCUT2D eigenvalue weighted by Gasteiger charge is 2.13. The maximum absolute atomic E-state index is 12.1. The molecule has 3 aromatic rings. The van der Waals surface area contributed by atoms with Crippen LogP contribution in [-0.2, 0) is 4.79 Å². The summed E-state index contributed by atoms with van der Waals surface area (Å²) in [5.41, 5.74) is 1.07. The highest BCUT2D eigenvalue weighted by molar-refractivity contribution is 7.16. The molecule has 0 aliphatic rings. The van der Waals surface area contributed by atoms with Gasteiger partial charge in [0.15, 0.2) is 5.13 Å². The van der Waals surface area contributed by atoms with Crippen molar-refractivity contribution in [2.45, 2.75) is 0 Å². The molecule has 3 rings (SSSR count). The van der Waals surface area contributed by atoms with Gasteiger partial charge in [-0.1, -0.05) is 29.3 Å². The largest absolute Gasteiger partial charge is 0.343 e. The highest BCUT2D eigenvalue weighted by atomic mass is 35.5. The molecule has 2 aromatic heterocycles. The third-order valence-corrected chi connectivity index (χ3v) is 5.31. The molecule has 5 nitrogen and oxygen atoms in total. The number of benzene rings is 1. The summed E-state index contributed by atoms with van der Waals surface area (Å²) in [4.78, 5) is 29.4. The molecule has 2 amide bonds. The van der Waals surface area contributed by atoms with Gasteiger partial charge in [0.05, 0.1) is 27.7 Å². The second kappa shape index (κ2) is 7.97. The van der Waals surface area contributed by atoms with Crippen LogP contribution >= 0.6 is 45.9 Å². The number of rotatable bonds is 5. The summed E-state index contributed by atoms with van der Waals surface area (Å²) in [5.74, 6) is -0.819. The molecule has 128 valence electrons. The molecular formula is C16H11Cl2N3O2S2. The number of hydrogen-bond acceptors (Lipinski definition) is 5. The number of thiazole rings is 1. The molecule has 0 radical (unpaired) electrons. The van der Waals surface area contributed by atoms with Gasteiger partial charge in [0.25, 0.3) is 5.91 Å². The fraction of sp³-hybridized carbons (Fsp3) is 0.0625. The van der Waals surface area contributed by atoms with E-state index in [2.05, 4.69) is 15.6 Å². The fourth-order valence-electron chi connectivity index (χ4n) is 1.96. The molecule has 2 N–H and O–H groups in total. The van der Waals surface area contributed by atoms with Crippen molar-refractivity contribution in [3.05, 3.63) is 56.7 Å². The van der Waals surface area contributed by atoms with Crippen molar-refractivity contribution in [3.63, 3.8) is 0 Å². The first-order valence-corrected chi connectivity index (χ1v) is 9.57. The van der Waals surface area contributed by atoms with Gasteiger partial charge in [0, 0.05) is 10.4 Å². The standard InChI is InChI=1S/C16H11Cl2N3O2S2/c17-9-3-4-10(11(18)6-9)15(23)19-7-14(22)21-16-20-12(8-25-16)13-2-1-5-24-13/h1-6,8H,7H2,(H,19,23)(H,20,21,22). The molecule has 2 heterocycles. The fourth-order valence-corrected chi connectivity index (χ4v) is 3.94. The molecule has 25 heavy (non-hydrogen) atoms. The number of amides is 2. The normalized spacial score (nSPS) is 10.5. The third-order valence-electron chi connectivity index (χ3n) is 3.11. The van der Waals surface area contributed by atoms with Gasteiger partial charge in [-0.25, -0.2) is 4.98 Å². The maximum atomic E-state index is 12.1. The second-order valence-corrected chi connectivity index (χ2v) is 7.52. The topological polar surface area (TPSA) is 71.1 Å². The van der Waals surface area contributed by atoms with Crippen LogP contribution in [0, 0.1) is 0 Å². The Labute approximate surface area is 161 Å². The lowest BCUT2D eigenvalue weighted by Gasteiger charge is -2.06. The molecule has 0 saturated carbocycles. The Morgan fingerprint density at radius 2 is 2.00 bits per heavy atom. The van der Waals surface area contributed by atoms with Crippen LogP contribution in [0.3, 0.4) is 0 Å². The quantitative estimate of drug-likeness (QED) is 0.646. The predicted molar refractivity (Wildman–Crippen MR) is 103 cm³/mol. The summed E-state index contributed by atoms with van der Waals surface area (Å²) in [6.45, 7) is -0.189. The smallest absolute Gasteiger partial charge is 0.253 e. The molecule has 0 aliphatic heterocycles. The minimum atomic E-state index is -0.449. The van der Waals surface area contributed by atoms with Gasteiger partial charge in [-0.3, -0.25) is 9.59 Å². The first-order chi connectivity index (χ1) is 12.0. The van der Waals surface area contributed by atoms with Gasteiger partial charge in [-0.05, 0) is 29.6 Å². The minimum Gasteiger partial charge on any atom is -0.343 e. The highest BCUT2D eigenvalue weighted by Crippen LogP contribution is 2.28. The van der Waals surface area contributed by atoms with E-state index in [1.54, 1.807) is 17.4 Å². The van der Waals surface area contributed by atoms with E-state index in [0.717, 1.165) is 10.6 Å². The van der Waals surface area contributed by atoms with Gasteiger partial charge in [-0.2, -0.15) is 0 Å². The molecule has 0 aliphatic carbocycles. The number of carbonyl (C=O) groups is 2. The third kappa shape index (κ3) is 4.58. The zero-order chi connectivity index (χ0) is 17.8. The Hall–Kier alpha value is -1.93. The van der Waals surface area contributed by atoms with Crippen LogP contribution in [0.4, 0.5) is 5.13 Å². The van der Waals surface area contributed by atoms with E-state index >= 15 is 0 Å². The monoisotopic (exact) mass is 411 g/mol. The van der Waals surface area contributed by atoms with Gasteiger partial charge >= 0.3 is 0 Å². The second-order valence-electron chi connectivity index (χ2n) is 4.87. The predicted octanol–water partition coefficient (Wildman–Crippen LogP) is 4.55. The molecule has 0 saturated heterocycles. The average Bonchev–Trinajstić information content (AvgIpc) is 3.23. The lowest BCUT2D eigenvalue weighted by atomic mass is 10.2. The first-order valence-electron chi connectivity index (χ1n) is 7.05. The van der Waals surface area contributed by atoms with Crippen LogP contribution in [0.2, 0.25) is 10.0 Å². The van der Waals surface area contributed by atoms with Gasteiger partial charge in [0.2, 0.25) is 5.91 Å². The minimum absolute atomic E-state index is 0.189.